The second-order valence-corrected chi connectivity index (χ2v) is 4.86. The normalized spacial score (nSPS) is 18.8. The Balaban J connectivity index is 2.12. The highest BCUT2D eigenvalue weighted by Crippen LogP contribution is 2.31. The lowest BCUT2D eigenvalue weighted by atomic mass is 9.82. The number of benzene rings is 1. The average Bonchev–Trinajstić information content (AvgIpc) is 2.33. The molecule has 0 bridgehead atoms. The van der Waals surface area contributed by atoms with E-state index < -0.39 is 0 Å². The first-order valence-electron chi connectivity index (χ1n) is 5.76. The summed E-state index contributed by atoms with van der Waals surface area (Å²) in [6, 6.07) is 7.74. The van der Waals surface area contributed by atoms with E-state index >= 15 is 0 Å². The van der Waals surface area contributed by atoms with Gasteiger partial charge in [-0.15, -0.1) is 6.42 Å². The monoisotopic (exact) mass is 233 g/mol. The molecule has 0 aromatic heterocycles. The summed E-state index contributed by atoms with van der Waals surface area (Å²) in [5, 5.41) is 4.23. The van der Waals surface area contributed by atoms with E-state index in [1.54, 1.807) is 0 Å². The second-order valence-electron chi connectivity index (χ2n) is 4.42. The molecule has 1 nitrogen and oxygen atoms in total. The molecule has 16 heavy (non-hydrogen) atoms. The van der Waals surface area contributed by atoms with Gasteiger partial charge in [-0.2, -0.15) is 0 Å². The maximum atomic E-state index is 5.85. The molecule has 0 atom stereocenters. The first-order valence-corrected chi connectivity index (χ1v) is 6.13. The molecule has 0 spiro atoms. The topological polar surface area (TPSA) is 12.0 Å². The minimum absolute atomic E-state index is 0.147. The van der Waals surface area contributed by atoms with Gasteiger partial charge in [-0.25, -0.2) is 0 Å². The van der Waals surface area contributed by atoms with Gasteiger partial charge >= 0.3 is 0 Å². The van der Waals surface area contributed by atoms with Gasteiger partial charge in [-0.05, 0) is 37.1 Å². The van der Waals surface area contributed by atoms with Crippen molar-refractivity contribution in [2.24, 2.45) is 0 Å². The highest BCUT2D eigenvalue weighted by Gasteiger charge is 2.29. The predicted octanol–water partition coefficient (Wildman–Crippen LogP) is 4.09. The van der Waals surface area contributed by atoms with Crippen LogP contribution in [0.3, 0.4) is 0 Å². The highest BCUT2D eigenvalue weighted by molar-refractivity contribution is 6.30. The van der Waals surface area contributed by atoms with E-state index in [0.717, 1.165) is 23.6 Å². The summed E-state index contributed by atoms with van der Waals surface area (Å²) in [4.78, 5) is 0. The summed E-state index contributed by atoms with van der Waals surface area (Å²) in [7, 11) is 0. The third kappa shape index (κ3) is 2.51. The Morgan fingerprint density at radius 1 is 1.12 bits per heavy atom. The molecule has 0 saturated heterocycles. The van der Waals surface area contributed by atoms with E-state index in [0.29, 0.717) is 0 Å². The molecule has 1 aliphatic rings. The molecule has 1 aromatic carbocycles. The van der Waals surface area contributed by atoms with Crippen molar-refractivity contribution in [3.05, 3.63) is 29.3 Å². The summed E-state index contributed by atoms with van der Waals surface area (Å²) in [5.41, 5.74) is 0.913. The lowest BCUT2D eigenvalue weighted by Crippen LogP contribution is -2.38. The quantitative estimate of drug-likeness (QED) is 0.759. The van der Waals surface area contributed by atoms with Gasteiger partial charge in [0.15, 0.2) is 0 Å². The van der Waals surface area contributed by atoms with Gasteiger partial charge in [0, 0.05) is 10.7 Å². The van der Waals surface area contributed by atoms with E-state index in [9.17, 15) is 0 Å². The van der Waals surface area contributed by atoms with Crippen LogP contribution in [0, 0.1) is 12.3 Å². The second kappa shape index (κ2) is 4.80. The van der Waals surface area contributed by atoms with Crippen LogP contribution in [0.2, 0.25) is 5.02 Å². The Hall–Kier alpha value is -1.13. The zero-order chi connectivity index (χ0) is 11.4. The summed E-state index contributed by atoms with van der Waals surface area (Å²) in [6.45, 7) is 0. The van der Waals surface area contributed by atoms with Gasteiger partial charge in [0.05, 0.1) is 5.54 Å². The Kier molecular flexibility index (Phi) is 3.41. The molecule has 1 N–H and O–H groups in total. The van der Waals surface area contributed by atoms with E-state index in [1.165, 1.54) is 19.3 Å². The molecule has 1 fully saturated rings. The summed E-state index contributed by atoms with van der Waals surface area (Å²) in [5.74, 6) is 2.94. The molecule has 0 unspecified atom stereocenters. The van der Waals surface area contributed by atoms with Gasteiger partial charge in [-0.3, -0.25) is 0 Å². The molecule has 1 aromatic rings. The van der Waals surface area contributed by atoms with Crippen molar-refractivity contribution in [3.8, 4) is 12.3 Å². The van der Waals surface area contributed by atoms with E-state index in [4.69, 9.17) is 18.0 Å². The third-order valence-electron chi connectivity index (χ3n) is 3.21. The molecular weight excluding hydrogens is 218 g/mol. The number of halogens is 1. The number of rotatable bonds is 2. The van der Waals surface area contributed by atoms with Crippen molar-refractivity contribution in [3.63, 3.8) is 0 Å². The van der Waals surface area contributed by atoms with Crippen LogP contribution < -0.4 is 5.32 Å². The molecule has 0 aliphatic heterocycles. The van der Waals surface area contributed by atoms with E-state index in [1.807, 2.05) is 24.3 Å². The summed E-state index contributed by atoms with van der Waals surface area (Å²) < 4.78 is 0. The third-order valence-corrected chi connectivity index (χ3v) is 3.46. The Labute approximate surface area is 102 Å². The minimum atomic E-state index is -0.147. The molecule has 2 rings (SSSR count). The van der Waals surface area contributed by atoms with Crippen molar-refractivity contribution in [2.45, 2.75) is 37.6 Å². The lowest BCUT2D eigenvalue weighted by molar-refractivity contribution is 0.396. The van der Waals surface area contributed by atoms with Crippen LogP contribution in [0.25, 0.3) is 0 Å². The molecule has 0 amide bonds. The lowest BCUT2D eigenvalue weighted by Gasteiger charge is -2.34. The van der Waals surface area contributed by atoms with Crippen LogP contribution in [0.4, 0.5) is 5.69 Å². The fraction of sp³-hybridized carbons (Fsp3) is 0.429. The molecule has 2 heteroatoms. The maximum absolute atomic E-state index is 5.85. The first-order chi connectivity index (χ1) is 7.74. The summed E-state index contributed by atoms with van der Waals surface area (Å²) in [6.07, 6.45) is 11.5. The van der Waals surface area contributed by atoms with Crippen LogP contribution in [0.1, 0.15) is 32.1 Å². The zero-order valence-electron chi connectivity index (χ0n) is 9.30. The van der Waals surface area contributed by atoms with Gasteiger partial charge in [0.25, 0.3) is 0 Å². The molecule has 0 radical (unpaired) electrons. The first kappa shape index (κ1) is 11.4. The van der Waals surface area contributed by atoms with Gasteiger partial charge < -0.3 is 5.32 Å². The van der Waals surface area contributed by atoms with Gasteiger partial charge in [-0.1, -0.05) is 36.8 Å². The van der Waals surface area contributed by atoms with Crippen molar-refractivity contribution < 1.29 is 0 Å². The summed E-state index contributed by atoms with van der Waals surface area (Å²) >= 11 is 5.85. The molecule has 84 valence electrons. The minimum Gasteiger partial charge on any atom is -0.369 e. The van der Waals surface area contributed by atoms with Crippen molar-refractivity contribution in [1.82, 2.24) is 0 Å². The molecular formula is C14H16ClN. The van der Waals surface area contributed by atoms with Crippen LogP contribution in [0.15, 0.2) is 24.3 Å². The largest absolute Gasteiger partial charge is 0.369 e. The molecule has 1 aliphatic carbocycles. The Morgan fingerprint density at radius 2 is 1.75 bits per heavy atom. The zero-order valence-corrected chi connectivity index (χ0v) is 10.1. The van der Waals surface area contributed by atoms with E-state index in [-0.39, 0.29) is 5.54 Å². The Morgan fingerprint density at radius 3 is 2.31 bits per heavy atom. The van der Waals surface area contributed by atoms with Crippen LogP contribution >= 0.6 is 11.6 Å². The molecule has 0 heterocycles. The van der Waals surface area contributed by atoms with Crippen molar-refractivity contribution in [2.75, 3.05) is 5.32 Å². The molecule has 1 saturated carbocycles. The number of hydrogen-bond acceptors (Lipinski definition) is 1. The van der Waals surface area contributed by atoms with Crippen LogP contribution in [0.5, 0.6) is 0 Å². The SMILES string of the molecule is C#CC1(Nc2ccc(Cl)cc2)CCCCC1. The fourth-order valence-electron chi connectivity index (χ4n) is 2.27. The van der Waals surface area contributed by atoms with Gasteiger partial charge in [0.1, 0.15) is 0 Å². The van der Waals surface area contributed by atoms with Crippen LogP contribution in [-0.4, -0.2) is 5.54 Å². The maximum Gasteiger partial charge on any atom is 0.0984 e. The fourth-order valence-corrected chi connectivity index (χ4v) is 2.40. The number of nitrogens with one attached hydrogen (secondary N) is 1. The predicted molar refractivity (Wildman–Crippen MR) is 69.7 cm³/mol. The smallest absolute Gasteiger partial charge is 0.0984 e. The standard InChI is InChI=1S/C14H16ClN/c1-2-14(10-4-3-5-11-14)16-13-8-6-12(15)7-9-13/h1,6-9,16H,3-5,10-11H2. The van der Waals surface area contributed by atoms with Gasteiger partial charge in [0.2, 0.25) is 0 Å². The average molecular weight is 234 g/mol. The Bertz CT molecular complexity index is 382. The highest BCUT2D eigenvalue weighted by atomic mass is 35.5. The van der Waals surface area contributed by atoms with Crippen molar-refractivity contribution >= 4 is 17.3 Å². The number of hydrogen-bond donors (Lipinski definition) is 1. The van der Waals surface area contributed by atoms with Crippen LogP contribution in [-0.2, 0) is 0 Å². The number of terminal acetylenes is 1. The number of anilines is 1. The van der Waals surface area contributed by atoms with E-state index in [2.05, 4.69) is 11.2 Å². The van der Waals surface area contributed by atoms with Crippen molar-refractivity contribution in [1.29, 1.82) is 0 Å².